The second kappa shape index (κ2) is 7.22. The Hall–Kier alpha value is -0.430. The summed E-state index contributed by atoms with van der Waals surface area (Å²) in [6, 6.07) is 5.35. The Morgan fingerprint density at radius 3 is 2.62 bits per heavy atom. The van der Waals surface area contributed by atoms with Crippen molar-refractivity contribution in [2.24, 2.45) is 5.92 Å². The Morgan fingerprint density at radius 2 is 2.00 bits per heavy atom. The highest BCUT2D eigenvalue weighted by Gasteiger charge is 2.30. The van der Waals surface area contributed by atoms with Gasteiger partial charge in [-0.15, -0.1) is 0 Å². The lowest BCUT2D eigenvalue weighted by atomic mass is 9.98. The topological polar surface area (TPSA) is 49.4 Å². The van der Waals surface area contributed by atoms with Gasteiger partial charge in [0.25, 0.3) is 0 Å². The monoisotopic (exact) mass is 374 g/mol. The predicted octanol–water partition coefficient (Wildman–Crippen LogP) is 2.77. The Morgan fingerprint density at radius 1 is 1.33 bits per heavy atom. The van der Waals surface area contributed by atoms with Crippen LogP contribution in [0.3, 0.4) is 0 Å². The van der Waals surface area contributed by atoms with Gasteiger partial charge < -0.3 is 5.32 Å². The molecule has 1 aromatic rings. The van der Waals surface area contributed by atoms with Crippen LogP contribution in [0.15, 0.2) is 27.6 Å². The molecule has 1 aliphatic rings. The quantitative estimate of drug-likeness (QED) is 0.861. The molecule has 1 saturated heterocycles. The molecule has 1 heterocycles. The molecule has 2 rings (SSSR count). The molecule has 21 heavy (non-hydrogen) atoms. The van der Waals surface area contributed by atoms with E-state index in [1.807, 2.05) is 13.0 Å². The van der Waals surface area contributed by atoms with Gasteiger partial charge in [-0.05, 0) is 56.5 Å². The molecule has 0 bridgehead atoms. The van der Waals surface area contributed by atoms with Crippen LogP contribution in [-0.4, -0.2) is 38.9 Å². The molecular weight excluding hydrogens is 352 g/mol. The molecule has 118 valence electrons. The number of rotatable bonds is 5. The maximum atomic E-state index is 12.8. The minimum absolute atomic E-state index is 0.419. The molecule has 6 heteroatoms. The number of hydrogen-bond donors (Lipinski definition) is 1. The van der Waals surface area contributed by atoms with Gasteiger partial charge in [-0.25, -0.2) is 8.42 Å². The molecule has 1 aliphatic heterocycles. The summed E-state index contributed by atoms with van der Waals surface area (Å²) in [7, 11) is -3.38. The first-order valence-electron chi connectivity index (χ1n) is 7.42. The van der Waals surface area contributed by atoms with E-state index >= 15 is 0 Å². The van der Waals surface area contributed by atoms with Crippen LogP contribution in [0, 0.1) is 12.8 Å². The molecule has 0 atom stereocenters. The first-order valence-corrected chi connectivity index (χ1v) is 9.66. The zero-order valence-electron chi connectivity index (χ0n) is 12.6. The SMILES string of the molecule is CCNCC1CCN(S(=O)(=O)c2cccc(Br)c2C)CC1. The number of nitrogens with zero attached hydrogens (tertiary/aromatic N) is 1. The first kappa shape index (κ1) is 16.9. The predicted molar refractivity (Wildman–Crippen MR) is 88.9 cm³/mol. The number of piperidine rings is 1. The average Bonchev–Trinajstić information content (AvgIpc) is 2.48. The normalized spacial score (nSPS) is 18.0. The number of nitrogens with one attached hydrogen (secondary N) is 1. The van der Waals surface area contributed by atoms with Gasteiger partial charge in [-0.2, -0.15) is 4.31 Å². The summed E-state index contributed by atoms with van der Waals surface area (Å²) in [5.41, 5.74) is 0.785. The van der Waals surface area contributed by atoms with Crippen molar-refractivity contribution in [1.82, 2.24) is 9.62 Å². The van der Waals surface area contributed by atoms with Gasteiger partial charge in [0.2, 0.25) is 10.0 Å². The molecule has 1 aromatic carbocycles. The maximum absolute atomic E-state index is 12.8. The van der Waals surface area contributed by atoms with Crippen LogP contribution in [0.4, 0.5) is 0 Å². The van der Waals surface area contributed by atoms with E-state index in [0.717, 1.165) is 36.0 Å². The second-order valence-corrected chi connectivity index (χ2v) is 8.28. The fourth-order valence-electron chi connectivity index (χ4n) is 2.71. The first-order chi connectivity index (χ1) is 9.96. The van der Waals surface area contributed by atoms with Crippen molar-refractivity contribution >= 4 is 26.0 Å². The zero-order valence-corrected chi connectivity index (χ0v) is 15.0. The zero-order chi connectivity index (χ0) is 15.5. The Balaban J connectivity index is 2.10. The summed E-state index contributed by atoms with van der Waals surface area (Å²) in [5.74, 6) is 0.583. The molecule has 0 amide bonds. The summed E-state index contributed by atoms with van der Waals surface area (Å²) in [6.07, 6.45) is 1.86. The number of sulfonamides is 1. The number of benzene rings is 1. The molecule has 0 aromatic heterocycles. The molecule has 1 N–H and O–H groups in total. The third-order valence-electron chi connectivity index (χ3n) is 4.09. The van der Waals surface area contributed by atoms with Gasteiger partial charge in [0.1, 0.15) is 0 Å². The van der Waals surface area contributed by atoms with Gasteiger partial charge in [-0.3, -0.25) is 0 Å². The minimum atomic E-state index is -3.38. The molecule has 0 radical (unpaired) electrons. The largest absolute Gasteiger partial charge is 0.317 e. The summed E-state index contributed by atoms with van der Waals surface area (Å²) in [5, 5.41) is 3.35. The molecule has 0 spiro atoms. The lowest BCUT2D eigenvalue weighted by Gasteiger charge is -2.31. The van der Waals surface area contributed by atoms with Gasteiger partial charge in [-0.1, -0.05) is 28.9 Å². The van der Waals surface area contributed by atoms with E-state index in [1.54, 1.807) is 16.4 Å². The molecule has 1 fully saturated rings. The van der Waals surface area contributed by atoms with Crippen LogP contribution < -0.4 is 5.32 Å². The summed E-state index contributed by atoms with van der Waals surface area (Å²) in [4.78, 5) is 0.419. The fraction of sp³-hybridized carbons (Fsp3) is 0.600. The van der Waals surface area contributed by atoms with Gasteiger partial charge >= 0.3 is 0 Å². The van der Waals surface area contributed by atoms with E-state index in [0.29, 0.717) is 23.9 Å². The van der Waals surface area contributed by atoms with Gasteiger partial charge in [0, 0.05) is 17.6 Å². The van der Waals surface area contributed by atoms with Crippen LogP contribution in [0.1, 0.15) is 25.3 Å². The summed E-state index contributed by atoms with van der Waals surface area (Å²) in [6.45, 7) is 7.12. The lowest BCUT2D eigenvalue weighted by molar-refractivity contribution is 0.268. The standard InChI is InChI=1S/C15H23BrN2O2S/c1-3-17-11-13-7-9-18(10-8-13)21(19,20)15-6-4-5-14(16)12(15)2/h4-6,13,17H,3,7-11H2,1-2H3. The van der Waals surface area contributed by atoms with Crippen LogP contribution in [0.5, 0.6) is 0 Å². The highest BCUT2D eigenvalue weighted by atomic mass is 79.9. The van der Waals surface area contributed by atoms with Crippen molar-refractivity contribution in [2.45, 2.75) is 31.6 Å². The summed E-state index contributed by atoms with van der Waals surface area (Å²) >= 11 is 3.41. The maximum Gasteiger partial charge on any atom is 0.243 e. The van der Waals surface area contributed by atoms with Crippen molar-refractivity contribution in [3.05, 3.63) is 28.2 Å². The third-order valence-corrected chi connectivity index (χ3v) is 6.99. The van der Waals surface area contributed by atoms with E-state index < -0.39 is 10.0 Å². The van der Waals surface area contributed by atoms with Crippen molar-refractivity contribution in [3.8, 4) is 0 Å². The smallest absolute Gasteiger partial charge is 0.243 e. The highest BCUT2D eigenvalue weighted by Crippen LogP contribution is 2.28. The van der Waals surface area contributed by atoms with E-state index in [1.165, 1.54) is 0 Å². The molecule has 0 saturated carbocycles. The van der Waals surface area contributed by atoms with Crippen LogP contribution in [-0.2, 0) is 10.0 Å². The highest BCUT2D eigenvalue weighted by molar-refractivity contribution is 9.10. The number of halogens is 1. The molecule has 0 unspecified atom stereocenters. The third kappa shape index (κ3) is 3.86. The van der Waals surface area contributed by atoms with E-state index in [2.05, 4.69) is 28.2 Å². The minimum Gasteiger partial charge on any atom is -0.317 e. The number of hydrogen-bond acceptors (Lipinski definition) is 3. The average molecular weight is 375 g/mol. The van der Waals surface area contributed by atoms with E-state index in [9.17, 15) is 8.42 Å². The van der Waals surface area contributed by atoms with Crippen molar-refractivity contribution in [1.29, 1.82) is 0 Å². The Kier molecular flexibility index (Phi) is 5.82. The van der Waals surface area contributed by atoms with Crippen LogP contribution in [0.2, 0.25) is 0 Å². The fourth-order valence-corrected chi connectivity index (χ4v) is 4.92. The second-order valence-electron chi connectivity index (χ2n) is 5.52. The van der Waals surface area contributed by atoms with Crippen LogP contribution in [0.25, 0.3) is 0 Å². The van der Waals surface area contributed by atoms with E-state index in [4.69, 9.17) is 0 Å². The van der Waals surface area contributed by atoms with Crippen molar-refractivity contribution in [3.63, 3.8) is 0 Å². The van der Waals surface area contributed by atoms with Gasteiger partial charge in [0.15, 0.2) is 0 Å². The van der Waals surface area contributed by atoms with Crippen molar-refractivity contribution < 1.29 is 8.42 Å². The molecule has 4 nitrogen and oxygen atoms in total. The van der Waals surface area contributed by atoms with Crippen molar-refractivity contribution in [2.75, 3.05) is 26.2 Å². The van der Waals surface area contributed by atoms with Gasteiger partial charge in [0.05, 0.1) is 4.90 Å². The Bertz CT molecular complexity index is 581. The summed E-state index contributed by atoms with van der Waals surface area (Å²) < 4.78 is 28.0. The van der Waals surface area contributed by atoms with Crippen LogP contribution >= 0.6 is 15.9 Å². The Labute approximate surface area is 136 Å². The lowest BCUT2D eigenvalue weighted by Crippen LogP contribution is -2.40. The van der Waals surface area contributed by atoms with E-state index in [-0.39, 0.29) is 0 Å². The molecular formula is C15H23BrN2O2S. The molecule has 0 aliphatic carbocycles.